The zero-order valence-electron chi connectivity index (χ0n) is 15.3. The number of hydrogen-bond acceptors (Lipinski definition) is 5. The number of hydrogen-bond donors (Lipinski definition) is 2. The number of nitrogens with zero attached hydrogens (tertiary/aromatic N) is 3. The molecule has 0 spiro atoms. The Morgan fingerprint density at radius 2 is 2.12 bits per heavy atom. The molecule has 0 aliphatic carbocycles. The third kappa shape index (κ3) is 4.88. The molecule has 1 aliphatic rings. The summed E-state index contributed by atoms with van der Waals surface area (Å²) in [4.78, 5) is 42.1. The average molecular weight is 349 g/mol. The first-order chi connectivity index (χ1) is 11.8. The minimum Gasteiger partial charge on any atom is -0.354 e. The van der Waals surface area contributed by atoms with E-state index in [1.165, 1.54) is 4.57 Å². The molecule has 1 saturated heterocycles. The lowest BCUT2D eigenvalue weighted by atomic mass is 10.1. The number of rotatable bonds is 6. The van der Waals surface area contributed by atoms with Crippen LogP contribution in [0.2, 0.25) is 0 Å². The van der Waals surface area contributed by atoms with Crippen molar-refractivity contribution in [2.45, 2.75) is 52.7 Å². The molecule has 2 rings (SSSR count). The monoisotopic (exact) mass is 349 g/mol. The van der Waals surface area contributed by atoms with Gasteiger partial charge in [0, 0.05) is 43.6 Å². The van der Waals surface area contributed by atoms with Gasteiger partial charge in [0.25, 0.3) is 0 Å². The Bertz CT molecular complexity index is 698. The van der Waals surface area contributed by atoms with Crippen LogP contribution >= 0.6 is 0 Å². The first-order valence-electron chi connectivity index (χ1n) is 8.65. The molecule has 0 aromatic carbocycles. The molecule has 8 heteroatoms. The third-order valence-electron chi connectivity index (χ3n) is 4.42. The van der Waals surface area contributed by atoms with E-state index in [2.05, 4.69) is 15.6 Å². The fourth-order valence-electron chi connectivity index (χ4n) is 3.16. The Morgan fingerprint density at radius 1 is 1.40 bits per heavy atom. The van der Waals surface area contributed by atoms with Gasteiger partial charge in [-0.15, -0.1) is 0 Å². The summed E-state index contributed by atoms with van der Waals surface area (Å²) < 4.78 is 1.53. The van der Waals surface area contributed by atoms with E-state index in [1.807, 2.05) is 31.7 Å². The maximum absolute atomic E-state index is 12.2. The first kappa shape index (κ1) is 19.1. The predicted molar refractivity (Wildman–Crippen MR) is 94.2 cm³/mol. The standard InChI is InChI=1S/C17H27N5O3/c1-11(2)21-7-6-19-16(24)14(21)10-15(23)18-5-8-22-13(4)9-12(3)20-17(22)25/h9,11,14H,5-8,10H2,1-4H3,(H,18,23)(H,19,24)/t14-/m0/s1. The van der Waals surface area contributed by atoms with Crippen molar-refractivity contribution in [2.24, 2.45) is 0 Å². The van der Waals surface area contributed by atoms with Crippen LogP contribution in [-0.2, 0) is 16.1 Å². The molecule has 1 fully saturated rings. The number of aryl methyl sites for hydroxylation is 2. The Labute approximate surface area is 147 Å². The van der Waals surface area contributed by atoms with Gasteiger partial charge in [-0.2, -0.15) is 4.98 Å². The maximum Gasteiger partial charge on any atom is 0.348 e. The van der Waals surface area contributed by atoms with Gasteiger partial charge in [-0.25, -0.2) is 4.79 Å². The molecule has 1 aliphatic heterocycles. The summed E-state index contributed by atoms with van der Waals surface area (Å²) in [5.74, 6) is -0.302. The number of carbonyl (C=O) groups excluding carboxylic acids is 2. The minimum absolute atomic E-state index is 0.107. The number of aromatic nitrogens is 2. The highest BCUT2D eigenvalue weighted by Gasteiger charge is 2.32. The van der Waals surface area contributed by atoms with E-state index in [1.54, 1.807) is 6.92 Å². The van der Waals surface area contributed by atoms with Crippen LogP contribution in [0.1, 0.15) is 31.7 Å². The van der Waals surface area contributed by atoms with Crippen molar-refractivity contribution >= 4 is 11.8 Å². The molecule has 0 radical (unpaired) electrons. The van der Waals surface area contributed by atoms with Crippen molar-refractivity contribution in [1.82, 2.24) is 25.1 Å². The summed E-state index contributed by atoms with van der Waals surface area (Å²) >= 11 is 0. The SMILES string of the molecule is Cc1cc(C)n(CCNC(=O)C[C@H]2C(=O)NCCN2C(C)C)c(=O)n1. The van der Waals surface area contributed by atoms with E-state index in [0.717, 1.165) is 12.2 Å². The van der Waals surface area contributed by atoms with Crippen LogP contribution in [0.25, 0.3) is 0 Å². The summed E-state index contributed by atoms with van der Waals surface area (Å²) in [6.07, 6.45) is 0.115. The van der Waals surface area contributed by atoms with Gasteiger partial charge < -0.3 is 10.6 Å². The molecule has 2 amide bonds. The van der Waals surface area contributed by atoms with E-state index < -0.39 is 6.04 Å². The van der Waals surface area contributed by atoms with Crippen molar-refractivity contribution in [2.75, 3.05) is 19.6 Å². The largest absolute Gasteiger partial charge is 0.354 e. The Morgan fingerprint density at radius 3 is 2.76 bits per heavy atom. The number of amides is 2. The van der Waals surface area contributed by atoms with E-state index >= 15 is 0 Å². The Kier molecular flexibility index (Phi) is 6.30. The van der Waals surface area contributed by atoms with Crippen molar-refractivity contribution in [3.63, 3.8) is 0 Å². The summed E-state index contributed by atoms with van der Waals surface area (Å²) in [7, 11) is 0. The molecule has 2 heterocycles. The molecular weight excluding hydrogens is 322 g/mol. The molecule has 1 aromatic heterocycles. The van der Waals surface area contributed by atoms with Gasteiger partial charge in [0.1, 0.15) is 0 Å². The number of carbonyl (C=O) groups is 2. The minimum atomic E-state index is -0.445. The average Bonchev–Trinajstić information content (AvgIpc) is 2.51. The molecule has 25 heavy (non-hydrogen) atoms. The van der Waals surface area contributed by atoms with Crippen molar-refractivity contribution in [3.05, 3.63) is 27.9 Å². The van der Waals surface area contributed by atoms with Crippen LogP contribution in [-0.4, -0.2) is 58.0 Å². The van der Waals surface area contributed by atoms with Crippen LogP contribution in [0.15, 0.2) is 10.9 Å². The molecular formula is C17H27N5O3. The molecule has 8 nitrogen and oxygen atoms in total. The molecule has 0 unspecified atom stereocenters. The fourth-order valence-corrected chi connectivity index (χ4v) is 3.16. The Balaban J connectivity index is 1.90. The molecule has 0 bridgehead atoms. The predicted octanol–water partition coefficient (Wildman–Crippen LogP) is -0.425. The van der Waals surface area contributed by atoms with Crippen molar-refractivity contribution in [1.29, 1.82) is 0 Å². The van der Waals surface area contributed by atoms with Crippen molar-refractivity contribution < 1.29 is 9.59 Å². The highest BCUT2D eigenvalue weighted by atomic mass is 16.2. The number of piperazine rings is 1. The second-order valence-electron chi connectivity index (χ2n) is 6.67. The third-order valence-corrected chi connectivity index (χ3v) is 4.42. The van der Waals surface area contributed by atoms with Crippen LogP contribution in [0, 0.1) is 13.8 Å². The van der Waals surface area contributed by atoms with Crippen LogP contribution in [0.4, 0.5) is 0 Å². The van der Waals surface area contributed by atoms with E-state index in [4.69, 9.17) is 0 Å². The highest BCUT2D eigenvalue weighted by molar-refractivity contribution is 5.88. The molecule has 0 saturated carbocycles. The van der Waals surface area contributed by atoms with Crippen molar-refractivity contribution in [3.8, 4) is 0 Å². The lowest BCUT2D eigenvalue weighted by molar-refractivity contribution is -0.134. The van der Waals surface area contributed by atoms with Crippen LogP contribution in [0.3, 0.4) is 0 Å². The van der Waals surface area contributed by atoms with Gasteiger partial charge in [0.15, 0.2) is 0 Å². The fraction of sp³-hybridized carbons (Fsp3) is 0.647. The summed E-state index contributed by atoms with van der Waals surface area (Å²) in [6.45, 7) is 9.67. The number of nitrogens with one attached hydrogen (secondary N) is 2. The molecule has 1 atom stereocenters. The van der Waals surface area contributed by atoms with Crippen LogP contribution in [0.5, 0.6) is 0 Å². The molecule has 138 valence electrons. The van der Waals surface area contributed by atoms with E-state index in [0.29, 0.717) is 25.3 Å². The smallest absolute Gasteiger partial charge is 0.348 e. The van der Waals surface area contributed by atoms with Crippen LogP contribution < -0.4 is 16.3 Å². The first-order valence-corrected chi connectivity index (χ1v) is 8.65. The zero-order chi connectivity index (χ0) is 18.6. The highest BCUT2D eigenvalue weighted by Crippen LogP contribution is 2.12. The van der Waals surface area contributed by atoms with E-state index in [-0.39, 0.29) is 30.0 Å². The molecule has 1 aromatic rings. The summed E-state index contributed by atoms with van der Waals surface area (Å²) in [5, 5.41) is 5.60. The normalized spacial score (nSPS) is 18.3. The molecule has 2 N–H and O–H groups in total. The second kappa shape index (κ2) is 8.24. The Hall–Kier alpha value is -2.22. The quantitative estimate of drug-likeness (QED) is 0.727. The summed E-state index contributed by atoms with van der Waals surface area (Å²) in [5.41, 5.74) is 1.17. The topological polar surface area (TPSA) is 96.3 Å². The van der Waals surface area contributed by atoms with E-state index in [9.17, 15) is 14.4 Å². The van der Waals surface area contributed by atoms with Gasteiger partial charge in [0.05, 0.1) is 12.5 Å². The summed E-state index contributed by atoms with van der Waals surface area (Å²) in [6, 6.07) is 1.58. The lowest BCUT2D eigenvalue weighted by Gasteiger charge is -2.37. The van der Waals surface area contributed by atoms with Gasteiger partial charge in [0.2, 0.25) is 11.8 Å². The van der Waals surface area contributed by atoms with Gasteiger partial charge >= 0.3 is 5.69 Å². The van der Waals surface area contributed by atoms with Gasteiger partial charge in [-0.1, -0.05) is 0 Å². The van der Waals surface area contributed by atoms with Gasteiger partial charge in [-0.3, -0.25) is 19.1 Å². The zero-order valence-corrected chi connectivity index (χ0v) is 15.3. The van der Waals surface area contributed by atoms with Gasteiger partial charge in [-0.05, 0) is 33.8 Å². The lowest BCUT2D eigenvalue weighted by Crippen LogP contribution is -2.58. The second-order valence-corrected chi connectivity index (χ2v) is 6.67. The maximum atomic E-state index is 12.2.